The van der Waals surface area contributed by atoms with E-state index in [4.69, 9.17) is 22.1 Å². The lowest BCUT2D eigenvalue weighted by atomic mass is 10.1. The van der Waals surface area contributed by atoms with Gasteiger partial charge in [0.2, 0.25) is 0 Å². The number of hydrogen-bond donors (Lipinski definition) is 2. The van der Waals surface area contributed by atoms with Crippen LogP contribution in [0.25, 0.3) is 0 Å². The van der Waals surface area contributed by atoms with E-state index in [1.54, 1.807) is 0 Å². The number of esters is 1. The average molecular weight is 299 g/mol. The highest BCUT2D eigenvalue weighted by Gasteiger charge is 2.19. The van der Waals surface area contributed by atoms with Gasteiger partial charge in [-0.25, -0.2) is 0 Å². The van der Waals surface area contributed by atoms with Gasteiger partial charge in [-0.1, -0.05) is 17.7 Å². The summed E-state index contributed by atoms with van der Waals surface area (Å²) in [5.74, 6) is -0.265. The highest BCUT2D eigenvalue weighted by atomic mass is 35.5. The number of benzene rings is 1. The number of carbonyl (C=O) groups is 1. The molecule has 0 amide bonds. The summed E-state index contributed by atoms with van der Waals surface area (Å²) >= 11 is 6.07. The minimum atomic E-state index is -0.483. The van der Waals surface area contributed by atoms with Gasteiger partial charge in [0.15, 0.2) is 0 Å². The van der Waals surface area contributed by atoms with Gasteiger partial charge >= 0.3 is 5.97 Å². The Morgan fingerprint density at radius 1 is 1.45 bits per heavy atom. The maximum Gasteiger partial charge on any atom is 0.308 e. The second-order valence-corrected chi connectivity index (χ2v) is 6.24. The first-order valence-electron chi connectivity index (χ1n) is 6.66. The van der Waals surface area contributed by atoms with Crippen LogP contribution in [-0.2, 0) is 9.53 Å². The fourth-order valence-corrected chi connectivity index (χ4v) is 1.88. The van der Waals surface area contributed by atoms with Crippen molar-refractivity contribution in [2.75, 3.05) is 11.9 Å². The van der Waals surface area contributed by atoms with Crippen molar-refractivity contribution in [1.82, 2.24) is 0 Å². The van der Waals surface area contributed by atoms with Crippen molar-refractivity contribution in [2.24, 2.45) is 5.73 Å². The first kappa shape index (κ1) is 16.8. The van der Waals surface area contributed by atoms with Crippen LogP contribution in [0.4, 0.5) is 5.69 Å². The van der Waals surface area contributed by atoms with Crippen LogP contribution in [0, 0.1) is 6.92 Å². The third kappa shape index (κ3) is 5.80. The van der Waals surface area contributed by atoms with E-state index < -0.39 is 5.60 Å². The zero-order valence-electron chi connectivity index (χ0n) is 12.5. The van der Waals surface area contributed by atoms with E-state index in [0.717, 1.165) is 11.3 Å². The van der Waals surface area contributed by atoms with Crippen molar-refractivity contribution in [1.29, 1.82) is 0 Å². The van der Waals surface area contributed by atoms with E-state index in [2.05, 4.69) is 5.32 Å². The summed E-state index contributed by atoms with van der Waals surface area (Å²) in [6.45, 7) is 7.80. The number of nitrogens with one attached hydrogen (secondary N) is 1. The highest BCUT2D eigenvalue weighted by Crippen LogP contribution is 2.21. The molecule has 0 radical (unpaired) electrons. The maximum absolute atomic E-state index is 11.8. The van der Waals surface area contributed by atoms with Crippen molar-refractivity contribution in [2.45, 2.75) is 45.8 Å². The summed E-state index contributed by atoms with van der Waals surface area (Å²) in [4.78, 5) is 11.8. The van der Waals surface area contributed by atoms with Gasteiger partial charge in [0, 0.05) is 23.3 Å². The molecule has 1 unspecified atom stereocenters. The first-order valence-corrected chi connectivity index (χ1v) is 7.03. The lowest BCUT2D eigenvalue weighted by Crippen LogP contribution is -2.34. The van der Waals surface area contributed by atoms with E-state index in [0.29, 0.717) is 11.6 Å². The zero-order valence-corrected chi connectivity index (χ0v) is 13.3. The summed E-state index contributed by atoms with van der Waals surface area (Å²) < 4.78 is 5.29. The van der Waals surface area contributed by atoms with Gasteiger partial charge in [-0.15, -0.1) is 0 Å². The molecule has 0 saturated carbocycles. The molecule has 1 rings (SSSR count). The molecule has 112 valence electrons. The molecule has 0 heterocycles. The number of nitrogens with two attached hydrogens (primary N) is 1. The Morgan fingerprint density at radius 3 is 2.60 bits per heavy atom. The summed E-state index contributed by atoms with van der Waals surface area (Å²) in [6, 6.07) is 5.49. The topological polar surface area (TPSA) is 64.3 Å². The third-order valence-electron chi connectivity index (χ3n) is 2.66. The molecular weight excluding hydrogens is 276 g/mol. The molecule has 0 aliphatic heterocycles. The summed E-state index contributed by atoms with van der Waals surface area (Å²) in [6.07, 6.45) is 0.221. The molecule has 0 aliphatic carbocycles. The number of hydrogen-bond acceptors (Lipinski definition) is 4. The van der Waals surface area contributed by atoms with Gasteiger partial charge in [0.05, 0.1) is 6.42 Å². The highest BCUT2D eigenvalue weighted by molar-refractivity contribution is 6.31. The Hall–Kier alpha value is -1.26. The number of rotatable bonds is 5. The number of ether oxygens (including phenoxy) is 1. The Morgan fingerprint density at radius 2 is 2.10 bits per heavy atom. The Bertz CT molecular complexity index is 469. The second-order valence-electron chi connectivity index (χ2n) is 5.83. The van der Waals surface area contributed by atoms with Crippen LogP contribution in [0.15, 0.2) is 18.2 Å². The van der Waals surface area contributed by atoms with Crippen LogP contribution in [0.1, 0.15) is 32.8 Å². The van der Waals surface area contributed by atoms with Gasteiger partial charge in [0.1, 0.15) is 5.60 Å². The molecular formula is C15H23ClN2O2. The van der Waals surface area contributed by atoms with Crippen molar-refractivity contribution >= 4 is 23.3 Å². The predicted molar refractivity (Wildman–Crippen MR) is 83.1 cm³/mol. The molecule has 1 atom stereocenters. The van der Waals surface area contributed by atoms with Gasteiger partial charge < -0.3 is 15.8 Å². The average Bonchev–Trinajstić information content (AvgIpc) is 2.30. The molecule has 20 heavy (non-hydrogen) atoms. The monoisotopic (exact) mass is 298 g/mol. The summed E-state index contributed by atoms with van der Waals surface area (Å²) in [5.41, 5.74) is 7.07. The van der Waals surface area contributed by atoms with Crippen LogP contribution < -0.4 is 11.1 Å². The van der Waals surface area contributed by atoms with Crippen LogP contribution in [-0.4, -0.2) is 24.2 Å². The Kier molecular flexibility index (Phi) is 5.84. The normalized spacial score (nSPS) is 12.9. The van der Waals surface area contributed by atoms with E-state index in [1.807, 2.05) is 45.9 Å². The minimum Gasteiger partial charge on any atom is -0.460 e. The minimum absolute atomic E-state index is 0.177. The number of halogens is 1. The first-order chi connectivity index (χ1) is 9.21. The number of carbonyl (C=O) groups excluding carboxylic acids is 1. The third-order valence-corrected chi connectivity index (χ3v) is 3.07. The van der Waals surface area contributed by atoms with Gasteiger partial charge in [-0.2, -0.15) is 0 Å². The molecule has 0 saturated heterocycles. The number of anilines is 1. The van der Waals surface area contributed by atoms with E-state index in [1.165, 1.54) is 0 Å². The van der Waals surface area contributed by atoms with Crippen molar-refractivity contribution < 1.29 is 9.53 Å². The predicted octanol–water partition coefficient (Wildman–Crippen LogP) is 3.12. The Balaban J connectivity index is 2.63. The molecule has 1 aromatic rings. The number of aryl methyl sites for hydroxylation is 1. The maximum atomic E-state index is 11.8. The van der Waals surface area contributed by atoms with Gasteiger partial charge in [0.25, 0.3) is 0 Å². The van der Waals surface area contributed by atoms with Crippen LogP contribution in [0.3, 0.4) is 0 Å². The Labute approximate surface area is 125 Å². The molecule has 0 aromatic heterocycles. The van der Waals surface area contributed by atoms with Crippen molar-refractivity contribution in [3.05, 3.63) is 28.8 Å². The molecule has 0 spiro atoms. The zero-order chi connectivity index (χ0) is 15.3. The lowest BCUT2D eigenvalue weighted by molar-refractivity contribution is -0.155. The molecule has 3 N–H and O–H groups in total. The standard InChI is InChI=1S/C15H23ClN2O2/c1-10-5-6-11(7-13(10)16)18-12(9-17)8-14(19)20-15(2,3)4/h5-7,12,18H,8-9,17H2,1-4H3. The van der Waals surface area contributed by atoms with E-state index in [9.17, 15) is 4.79 Å². The molecule has 5 heteroatoms. The molecule has 1 aromatic carbocycles. The smallest absolute Gasteiger partial charge is 0.308 e. The summed E-state index contributed by atoms with van der Waals surface area (Å²) in [5, 5.41) is 3.89. The van der Waals surface area contributed by atoms with Crippen molar-refractivity contribution in [3.63, 3.8) is 0 Å². The van der Waals surface area contributed by atoms with Crippen LogP contribution >= 0.6 is 11.6 Å². The quantitative estimate of drug-likeness (QED) is 0.820. The fourth-order valence-electron chi connectivity index (χ4n) is 1.70. The largest absolute Gasteiger partial charge is 0.460 e. The molecule has 0 bridgehead atoms. The SMILES string of the molecule is Cc1ccc(NC(CN)CC(=O)OC(C)(C)C)cc1Cl. The van der Waals surface area contributed by atoms with Crippen LogP contribution in [0.5, 0.6) is 0 Å². The molecule has 0 aliphatic rings. The molecule has 4 nitrogen and oxygen atoms in total. The summed E-state index contributed by atoms with van der Waals surface area (Å²) in [7, 11) is 0. The second kappa shape index (κ2) is 6.95. The van der Waals surface area contributed by atoms with Gasteiger partial charge in [-0.05, 0) is 45.4 Å². The lowest BCUT2D eigenvalue weighted by Gasteiger charge is -2.23. The fraction of sp³-hybridized carbons (Fsp3) is 0.533. The van der Waals surface area contributed by atoms with E-state index in [-0.39, 0.29) is 18.4 Å². The van der Waals surface area contributed by atoms with Crippen LogP contribution in [0.2, 0.25) is 5.02 Å². The van der Waals surface area contributed by atoms with Gasteiger partial charge in [-0.3, -0.25) is 4.79 Å². The van der Waals surface area contributed by atoms with Crippen molar-refractivity contribution in [3.8, 4) is 0 Å². The van der Waals surface area contributed by atoms with E-state index >= 15 is 0 Å². The molecule has 0 fully saturated rings.